The molecule has 14 heavy (non-hydrogen) atoms. The van der Waals surface area contributed by atoms with Crippen LogP contribution in [-0.4, -0.2) is 24.4 Å². The highest BCUT2D eigenvalue weighted by Crippen LogP contribution is 2.08. The van der Waals surface area contributed by atoms with Gasteiger partial charge in [-0.1, -0.05) is 6.07 Å². The van der Waals surface area contributed by atoms with Crippen LogP contribution in [0.25, 0.3) is 0 Å². The Hall–Kier alpha value is -1.91. The predicted molar refractivity (Wildman–Crippen MR) is 52.3 cm³/mol. The first-order chi connectivity index (χ1) is 6.76. The third-order valence-electron chi connectivity index (χ3n) is 1.59. The summed E-state index contributed by atoms with van der Waals surface area (Å²) in [6.45, 7) is 0. The van der Waals surface area contributed by atoms with Gasteiger partial charge >= 0.3 is 5.97 Å². The molecule has 74 valence electrons. The molecule has 5 nitrogen and oxygen atoms in total. The molecule has 0 saturated carbocycles. The van der Waals surface area contributed by atoms with Crippen molar-refractivity contribution in [3.05, 3.63) is 23.9 Å². The van der Waals surface area contributed by atoms with Crippen LogP contribution in [0.1, 0.15) is 5.56 Å². The number of carbonyl (C=O) groups is 1. The Morgan fingerprint density at radius 1 is 1.71 bits per heavy atom. The summed E-state index contributed by atoms with van der Waals surface area (Å²) in [7, 11) is 1.35. The molecule has 0 bridgehead atoms. The van der Waals surface area contributed by atoms with Crippen molar-refractivity contribution < 1.29 is 9.53 Å². The molecule has 0 fully saturated rings. The number of nitrogens with zero attached hydrogens (tertiary/aromatic N) is 2. The van der Waals surface area contributed by atoms with Crippen molar-refractivity contribution in [3.8, 4) is 0 Å². The molecule has 0 aliphatic heterocycles. The number of esters is 1. The first-order valence-electron chi connectivity index (χ1n) is 4.02. The number of carbonyl (C=O) groups excluding carboxylic acids is 1. The molecule has 1 aromatic heterocycles. The molecule has 0 aliphatic rings. The predicted octanol–water partition coefficient (Wildman–Crippen LogP) is 0.416. The Labute approximate surface area is 81.6 Å². The van der Waals surface area contributed by atoms with E-state index in [4.69, 9.17) is 5.73 Å². The lowest BCUT2D eigenvalue weighted by atomic mass is 10.2. The van der Waals surface area contributed by atoms with Crippen LogP contribution in [0.3, 0.4) is 0 Å². The van der Waals surface area contributed by atoms with Crippen LogP contribution in [0.4, 0.5) is 5.82 Å². The topological polar surface area (TPSA) is 77.6 Å². The van der Waals surface area contributed by atoms with E-state index in [1.54, 1.807) is 18.3 Å². The smallest absolute Gasteiger partial charge is 0.310 e. The number of aromatic nitrogens is 1. The van der Waals surface area contributed by atoms with Gasteiger partial charge < -0.3 is 10.5 Å². The Bertz CT molecular complexity index is 332. The van der Waals surface area contributed by atoms with Gasteiger partial charge in [0, 0.05) is 6.20 Å². The van der Waals surface area contributed by atoms with E-state index >= 15 is 0 Å². The number of rotatable bonds is 3. The highest BCUT2D eigenvalue weighted by molar-refractivity contribution is 5.72. The number of hydrogen-bond donors (Lipinski definition) is 1. The summed E-state index contributed by atoms with van der Waals surface area (Å²) >= 11 is 0. The minimum atomic E-state index is -0.290. The van der Waals surface area contributed by atoms with Gasteiger partial charge in [0.05, 0.1) is 19.9 Å². The molecular formula is C9H11N3O2. The lowest BCUT2D eigenvalue weighted by molar-refractivity contribution is -0.139. The summed E-state index contributed by atoms with van der Waals surface area (Å²) in [5.74, 6) is 0.225. The highest BCUT2D eigenvalue weighted by Gasteiger charge is 2.02. The van der Waals surface area contributed by atoms with Crippen molar-refractivity contribution in [1.29, 1.82) is 0 Å². The Morgan fingerprint density at radius 3 is 3.00 bits per heavy atom. The van der Waals surface area contributed by atoms with Crippen LogP contribution in [0.5, 0.6) is 0 Å². The number of pyridine rings is 1. The molecule has 0 amide bonds. The highest BCUT2D eigenvalue weighted by atomic mass is 16.5. The largest absolute Gasteiger partial charge is 0.469 e. The SMILES string of the molecule is COC(=O)Cc1ccc(N=CN)nc1. The van der Waals surface area contributed by atoms with Crippen LogP contribution in [0.15, 0.2) is 23.3 Å². The van der Waals surface area contributed by atoms with Crippen molar-refractivity contribution in [1.82, 2.24) is 4.98 Å². The molecular weight excluding hydrogens is 182 g/mol. The molecule has 0 atom stereocenters. The molecule has 5 heteroatoms. The van der Waals surface area contributed by atoms with Crippen molar-refractivity contribution >= 4 is 18.1 Å². The molecule has 2 N–H and O–H groups in total. The summed E-state index contributed by atoms with van der Waals surface area (Å²) < 4.78 is 4.52. The first kappa shape index (κ1) is 10.2. The van der Waals surface area contributed by atoms with Gasteiger partial charge in [-0.05, 0) is 11.6 Å². The van der Waals surface area contributed by atoms with E-state index < -0.39 is 0 Å². The van der Waals surface area contributed by atoms with E-state index in [-0.39, 0.29) is 12.4 Å². The zero-order valence-corrected chi connectivity index (χ0v) is 7.80. The fraction of sp³-hybridized carbons (Fsp3) is 0.222. The Kier molecular flexibility index (Phi) is 3.60. The quantitative estimate of drug-likeness (QED) is 0.428. The minimum absolute atomic E-state index is 0.218. The molecule has 0 aromatic carbocycles. The van der Waals surface area contributed by atoms with E-state index in [0.717, 1.165) is 5.56 Å². The van der Waals surface area contributed by atoms with Crippen LogP contribution in [0, 0.1) is 0 Å². The van der Waals surface area contributed by atoms with Crippen molar-refractivity contribution in [3.63, 3.8) is 0 Å². The number of methoxy groups -OCH3 is 1. The van der Waals surface area contributed by atoms with Crippen LogP contribution < -0.4 is 5.73 Å². The van der Waals surface area contributed by atoms with Crippen LogP contribution >= 0.6 is 0 Å². The molecule has 0 unspecified atom stereocenters. The number of nitrogens with two attached hydrogens (primary N) is 1. The molecule has 1 heterocycles. The zero-order valence-electron chi connectivity index (χ0n) is 7.80. The maximum Gasteiger partial charge on any atom is 0.310 e. The van der Waals surface area contributed by atoms with Crippen LogP contribution in [-0.2, 0) is 16.0 Å². The molecule has 0 radical (unpaired) electrons. The van der Waals surface area contributed by atoms with E-state index in [1.165, 1.54) is 13.4 Å². The van der Waals surface area contributed by atoms with E-state index in [9.17, 15) is 4.79 Å². The van der Waals surface area contributed by atoms with E-state index in [2.05, 4.69) is 14.7 Å². The van der Waals surface area contributed by atoms with Crippen LogP contribution in [0.2, 0.25) is 0 Å². The van der Waals surface area contributed by atoms with Crippen molar-refractivity contribution in [2.75, 3.05) is 7.11 Å². The maximum absolute atomic E-state index is 10.9. The number of aliphatic imine (C=N–C) groups is 1. The third kappa shape index (κ3) is 2.85. The van der Waals surface area contributed by atoms with Gasteiger partial charge in [-0.2, -0.15) is 0 Å². The van der Waals surface area contributed by atoms with Gasteiger partial charge in [-0.15, -0.1) is 0 Å². The van der Waals surface area contributed by atoms with Gasteiger partial charge in [0.1, 0.15) is 0 Å². The van der Waals surface area contributed by atoms with Gasteiger partial charge in [-0.25, -0.2) is 9.98 Å². The second kappa shape index (κ2) is 4.96. The van der Waals surface area contributed by atoms with E-state index in [1.807, 2.05) is 0 Å². The number of hydrogen-bond acceptors (Lipinski definition) is 4. The summed E-state index contributed by atoms with van der Waals surface area (Å²) in [4.78, 5) is 18.6. The molecule has 0 spiro atoms. The van der Waals surface area contributed by atoms with Gasteiger partial charge in [0.15, 0.2) is 5.82 Å². The van der Waals surface area contributed by atoms with Gasteiger partial charge in [0.25, 0.3) is 0 Å². The lowest BCUT2D eigenvalue weighted by Crippen LogP contribution is -2.04. The molecule has 0 saturated heterocycles. The Balaban J connectivity index is 2.68. The maximum atomic E-state index is 10.9. The Morgan fingerprint density at radius 2 is 2.50 bits per heavy atom. The third-order valence-corrected chi connectivity index (χ3v) is 1.59. The van der Waals surface area contributed by atoms with E-state index in [0.29, 0.717) is 5.82 Å². The zero-order chi connectivity index (χ0) is 10.4. The lowest BCUT2D eigenvalue weighted by Gasteiger charge is -1.99. The summed E-state index contributed by atoms with van der Waals surface area (Å²) in [5.41, 5.74) is 5.88. The first-order valence-corrected chi connectivity index (χ1v) is 4.02. The minimum Gasteiger partial charge on any atom is -0.469 e. The summed E-state index contributed by atoms with van der Waals surface area (Å²) in [6.07, 6.45) is 2.96. The monoisotopic (exact) mass is 193 g/mol. The molecule has 1 aromatic rings. The molecule has 0 aliphatic carbocycles. The van der Waals surface area contributed by atoms with Crippen molar-refractivity contribution in [2.24, 2.45) is 10.7 Å². The molecule has 1 rings (SSSR count). The fourth-order valence-corrected chi connectivity index (χ4v) is 0.913. The average molecular weight is 193 g/mol. The normalized spacial score (nSPS) is 10.4. The standard InChI is InChI=1S/C9H11N3O2/c1-14-9(13)4-7-2-3-8(11-5-7)12-6-10/h2-3,5-6H,4H2,1H3,(H2,10,11,12). The average Bonchev–Trinajstić information content (AvgIpc) is 2.21. The summed E-state index contributed by atoms with van der Waals surface area (Å²) in [5, 5.41) is 0. The number of ether oxygens (including phenoxy) is 1. The fourth-order valence-electron chi connectivity index (χ4n) is 0.913. The van der Waals surface area contributed by atoms with Gasteiger partial charge in [0.2, 0.25) is 0 Å². The second-order valence-corrected chi connectivity index (χ2v) is 2.56. The van der Waals surface area contributed by atoms with Gasteiger partial charge in [-0.3, -0.25) is 4.79 Å². The second-order valence-electron chi connectivity index (χ2n) is 2.56. The summed E-state index contributed by atoms with van der Waals surface area (Å²) in [6, 6.07) is 3.44. The van der Waals surface area contributed by atoms with Crippen molar-refractivity contribution in [2.45, 2.75) is 6.42 Å².